The summed E-state index contributed by atoms with van der Waals surface area (Å²) in [7, 11) is 0. The maximum Gasteiger partial charge on any atom is 0.00724 e. The standard InChI is InChI=1S/C15H27N/c1-15(2)10-8-14(12-15)16-11-9-13-6-4-3-5-7-13/h6,14,16H,3-5,7-12H2,1-2H3. The third-order valence-corrected chi connectivity index (χ3v) is 4.23. The van der Waals surface area contributed by atoms with Gasteiger partial charge in [0, 0.05) is 6.04 Å². The van der Waals surface area contributed by atoms with E-state index in [2.05, 4.69) is 25.2 Å². The summed E-state index contributed by atoms with van der Waals surface area (Å²) in [6.45, 7) is 6.00. The van der Waals surface area contributed by atoms with Gasteiger partial charge in [-0.15, -0.1) is 0 Å². The largest absolute Gasteiger partial charge is 0.314 e. The second-order valence-electron chi connectivity index (χ2n) is 6.42. The van der Waals surface area contributed by atoms with Crippen LogP contribution in [0.25, 0.3) is 0 Å². The maximum absolute atomic E-state index is 3.74. The molecule has 0 radical (unpaired) electrons. The molecule has 1 atom stereocenters. The zero-order valence-electron chi connectivity index (χ0n) is 11.0. The summed E-state index contributed by atoms with van der Waals surface area (Å²) in [5, 5.41) is 3.74. The average molecular weight is 221 g/mol. The van der Waals surface area contributed by atoms with Crippen molar-refractivity contribution >= 4 is 0 Å². The smallest absolute Gasteiger partial charge is 0.00724 e. The van der Waals surface area contributed by atoms with Crippen molar-refractivity contribution in [3.8, 4) is 0 Å². The van der Waals surface area contributed by atoms with Gasteiger partial charge in [-0.1, -0.05) is 25.5 Å². The number of hydrogen-bond donors (Lipinski definition) is 1. The van der Waals surface area contributed by atoms with Gasteiger partial charge in [0.2, 0.25) is 0 Å². The molecule has 0 spiro atoms. The fraction of sp³-hybridized carbons (Fsp3) is 0.867. The minimum atomic E-state index is 0.585. The lowest BCUT2D eigenvalue weighted by Gasteiger charge is -2.18. The Balaban J connectivity index is 1.63. The summed E-state index contributed by atoms with van der Waals surface area (Å²) in [5.74, 6) is 0. The number of nitrogens with one attached hydrogen (secondary N) is 1. The predicted octanol–water partition coefficient (Wildman–Crippen LogP) is 4.05. The lowest BCUT2D eigenvalue weighted by Crippen LogP contribution is -2.28. The van der Waals surface area contributed by atoms with Crippen LogP contribution in [0.3, 0.4) is 0 Å². The van der Waals surface area contributed by atoms with E-state index in [4.69, 9.17) is 0 Å². The van der Waals surface area contributed by atoms with Crippen LogP contribution in [0.5, 0.6) is 0 Å². The molecule has 16 heavy (non-hydrogen) atoms. The molecule has 1 saturated carbocycles. The monoisotopic (exact) mass is 221 g/mol. The van der Waals surface area contributed by atoms with E-state index in [1.54, 1.807) is 5.57 Å². The molecule has 0 bridgehead atoms. The highest BCUT2D eigenvalue weighted by atomic mass is 14.9. The summed E-state index contributed by atoms with van der Waals surface area (Å²) >= 11 is 0. The van der Waals surface area contributed by atoms with Crippen molar-refractivity contribution in [3.05, 3.63) is 11.6 Å². The highest BCUT2D eigenvalue weighted by Gasteiger charge is 2.30. The third kappa shape index (κ3) is 3.62. The fourth-order valence-electron chi connectivity index (χ4n) is 3.18. The van der Waals surface area contributed by atoms with Crippen LogP contribution in [0.1, 0.15) is 65.2 Å². The van der Waals surface area contributed by atoms with Gasteiger partial charge in [0.25, 0.3) is 0 Å². The van der Waals surface area contributed by atoms with Crippen LogP contribution in [0, 0.1) is 5.41 Å². The molecule has 2 aliphatic carbocycles. The zero-order chi connectivity index (χ0) is 11.4. The molecule has 1 N–H and O–H groups in total. The van der Waals surface area contributed by atoms with Crippen LogP contribution in [-0.4, -0.2) is 12.6 Å². The summed E-state index contributed by atoms with van der Waals surface area (Å²) < 4.78 is 0. The van der Waals surface area contributed by atoms with Gasteiger partial charge in [0.1, 0.15) is 0 Å². The van der Waals surface area contributed by atoms with Gasteiger partial charge in [-0.3, -0.25) is 0 Å². The van der Waals surface area contributed by atoms with Crippen LogP contribution in [0.2, 0.25) is 0 Å². The first-order valence-corrected chi connectivity index (χ1v) is 7.07. The van der Waals surface area contributed by atoms with Gasteiger partial charge in [-0.2, -0.15) is 0 Å². The molecule has 0 aromatic heterocycles. The molecule has 2 rings (SSSR count). The molecular formula is C15H27N. The molecule has 1 heteroatoms. The quantitative estimate of drug-likeness (QED) is 0.706. The highest BCUT2D eigenvalue weighted by molar-refractivity contribution is 5.05. The van der Waals surface area contributed by atoms with Crippen LogP contribution in [-0.2, 0) is 0 Å². The van der Waals surface area contributed by atoms with Crippen molar-refractivity contribution < 1.29 is 0 Å². The normalized spacial score (nSPS) is 29.1. The Morgan fingerprint density at radius 3 is 2.88 bits per heavy atom. The maximum atomic E-state index is 3.74. The fourth-order valence-corrected chi connectivity index (χ4v) is 3.18. The van der Waals surface area contributed by atoms with E-state index in [0.717, 1.165) is 6.04 Å². The van der Waals surface area contributed by atoms with Gasteiger partial charge in [0.15, 0.2) is 0 Å². The van der Waals surface area contributed by atoms with E-state index in [0.29, 0.717) is 5.41 Å². The van der Waals surface area contributed by atoms with Crippen LogP contribution in [0.4, 0.5) is 0 Å². The Labute approximate surface area is 101 Å². The Hall–Kier alpha value is -0.300. The van der Waals surface area contributed by atoms with Gasteiger partial charge in [0.05, 0.1) is 0 Å². The minimum absolute atomic E-state index is 0.585. The first-order chi connectivity index (χ1) is 7.66. The Bertz CT molecular complexity index is 252. The van der Waals surface area contributed by atoms with Crippen molar-refractivity contribution in [1.29, 1.82) is 0 Å². The molecule has 0 saturated heterocycles. The molecule has 1 unspecified atom stereocenters. The van der Waals surface area contributed by atoms with Crippen molar-refractivity contribution in [2.75, 3.05) is 6.54 Å². The SMILES string of the molecule is CC1(C)CCC(NCCC2=CCCCC2)C1. The third-order valence-electron chi connectivity index (χ3n) is 4.23. The van der Waals surface area contributed by atoms with E-state index in [1.807, 2.05) is 0 Å². The Kier molecular flexibility index (Phi) is 4.07. The lowest BCUT2D eigenvalue weighted by molar-refractivity contribution is 0.365. The molecule has 0 aromatic rings. The zero-order valence-corrected chi connectivity index (χ0v) is 11.0. The van der Waals surface area contributed by atoms with Gasteiger partial charge in [-0.05, 0) is 63.3 Å². The van der Waals surface area contributed by atoms with Gasteiger partial charge >= 0.3 is 0 Å². The Morgan fingerprint density at radius 1 is 1.38 bits per heavy atom. The second kappa shape index (κ2) is 5.35. The van der Waals surface area contributed by atoms with Crippen LogP contribution in [0.15, 0.2) is 11.6 Å². The topological polar surface area (TPSA) is 12.0 Å². The van der Waals surface area contributed by atoms with Gasteiger partial charge in [-0.25, -0.2) is 0 Å². The van der Waals surface area contributed by atoms with Crippen molar-refractivity contribution in [2.45, 2.75) is 71.3 Å². The van der Waals surface area contributed by atoms with Crippen LogP contribution < -0.4 is 5.32 Å². The Morgan fingerprint density at radius 2 is 2.25 bits per heavy atom. The predicted molar refractivity (Wildman–Crippen MR) is 70.6 cm³/mol. The number of hydrogen-bond acceptors (Lipinski definition) is 1. The molecule has 1 nitrogen and oxygen atoms in total. The molecular weight excluding hydrogens is 194 g/mol. The van der Waals surface area contributed by atoms with E-state index >= 15 is 0 Å². The second-order valence-corrected chi connectivity index (χ2v) is 6.42. The first kappa shape index (κ1) is 12.2. The average Bonchev–Trinajstić information content (AvgIpc) is 2.60. The number of allylic oxidation sites excluding steroid dienone is 1. The lowest BCUT2D eigenvalue weighted by atomic mass is 9.92. The van der Waals surface area contributed by atoms with E-state index in [-0.39, 0.29) is 0 Å². The molecule has 0 aliphatic heterocycles. The van der Waals surface area contributed by atoms with Crippen molar-refractivity contribution in [2.24, 2.45) is 5.41 Å². The molecule has 2 aliphatic rings. The van der Waals surface area contributed by atoms with Gasteiger partial charge < -0.3 is 5.32 Å². The summed E-state index contributed by atoms with van der Waals surface area (Å²) in [5.41, 5.74) is 2.29. The molecule has 92 valence electrons. The van der Waals surface area contributed by atoms with Crippen molar-refractivity contribution in [3.63, 3.8) is 0 Å². The van der Waals surface area contributed by atoms with E-state index in [1.165, 1.54) is 57.9 Å². The number of rotatable bonds is 4. The molecule has 0 aromatic carbocycles. The summed E-state index contributed by atoms with van der Waals surface area (Å²) in [4.78, 5) is 0. The molecule has 1 fully saturated rings. The van der Waals surface area contributed by atoms with E-state index < -0.39 is 0 Å². The summed E-state index contributed by atoms with van der Waals surface area (Å²) in [6, 6.07) is 0.791. The first-order valence-electron chi connectivity index (χ1n) is 7.07. The molecule has 0 amide bonds. The van der Waals surface area contributed by atoms with Crippen molar-refractivity contribution in [1.82, 2.24) is 5.32 Å². The minimum Gasteiger partial charge on any atom is -0.314 e. The highest BCUT2D eigenvalue weighted by Crippen LogP contribution is 2.36. The van der Waals surface area contributed by atoms with Crippen LogP contribution >= 0.6 is 0 Å². The summed E-state index contributed by atoms with van der Waals surface area (Å²) in [6.07, 6.45) is 13.4. The molecule has 0 heterocycles. The van der Waals surface area contributed by atoms with E-state index in [9.17, 15) is 0 Å².